The number of methoxy groups -OCH3 is 1. The molecule has 5 rings (SSSR count). The zero-order valence-electron chi connectivity index (χ0n) is 21.4. The van der Waals surface area contributed by atoms with Crippen LogP contribution < -0.4 is 4.74 Å². The maximum atomic E-state index is 13.5. The second-order valence-electron chi connectivity index (χ2n) is 10.4. The van der Waals surface area contributed by atoms with Crippen LogP contribution >= 0.6 is 15.9 Å². The monoisotopic (exact) mass is 562 g/mol. The van der Waals surface area contributed by atoms with Crippen molar-refractivity contribution in [2.75, 3.05) is 33.3 Å². The molecule has 1 atom stereocenters. The van der Waals surface area contributed by atoms with Crippen LogP contribution in [0.4, 0.5) is 0 Å². The molecular weight excluding hydrogens is 528 g/mol. The predicted octanol–water partition coefficient (Wildman–Crippen LogP) is 5.60. The molecular formula is C31H35BrN2O3. The first kappa shape index (κ1) is 26.0. The molecule has 2 heterocycles. The Bertz CT molecular complexity index is 1210. The van der Waals surface area contributed by atoms with E-state index >= 15 is 0 Å². The van der Waals surface area contributed by atoms with Crippen LogP contribution in [0.3, 0.4) is 0 Å². The number of piperidine rings is 1. The summed E-state index contributed by atoms with van der Waals surface area (Å²) in [6, 6.07) is 25.8. The van der Waals surface area contributed by atoms with Gasteiger partial charge in [-0.05, 0) is 79.7 Å². The summed E-state index contributed by atoms with van der Waals surface area (Å²) < 4.78 is 6.49. The van der Waals surface area contributed by atoms with Gasteiger partial charge in [0.25, 0.3) is 0 Å². The number of ether oxygens (including phenoxy) is 1. The van der Waals surface area contributed by atoms with Gasteiger partial charge in [-0.15, -0.1) is 0 Å². The summed E-state index contributed by atoms with van der Waals surface area (Å²) in [5.74, 6) is 1.05. The molecule has 1 unspecified atom stereocenters. The fourth-order valence-corrected chi connectivity index (χ4v) is 6.16. The fourth-order valence-electron chi connectivity index (χ4n) is 5.89. The number of amides is 1. The van der Waals surface area contributed by atoms with Gasteiger partial charge < -0.3 is 19.6 Å². The number of aliphatic hydroxyl groups is 1. The van der Waals surface area contributed by atoms with E-state index in [0.717, 1.165) is 66.8 Å². The van der Waals surface area contributed by atoms with Crippen LogP contribution in [-0.2, 0) is 16.9 Å². The van der Waals surface area contributed by atoms with E-state index in [0.29, 0.717) is 18.9 Å². The molecule has 3 aromatic carbocycles. The van der Waals surface area contributed by atoms with Crippen molar-refractivity contribution in [1.82, 2.24) is 9.80 Å². The fraction of sp³-hybridized carbons (Fsp3) is 0.387. The van der Waals surface area contributed by atoms with Crippen molar-refractivity contribution in [3.05, 3.63) is 100 Å². The van der Waals surface area contributed by atoms with Gasteiger partial charge in [0.1, 0.15) is 11.4 Å². The van der Waals surface area contributed by atoms with Crippen LogP contribution in [0, 0.1) is 5.41 Å². The third kappa shape index (κ3) is 5.47. The first-order valence-electron chi connectivity index (χ1n) is 13.1. The van der Waals surface area contributed by atoms with Gasteiger partial charge in [-0.3, -0.25) is 4.79 Å². The maximum absolute atomic E-state index is 13.5. The molecule has 0 aromatic heterocycles. The standard InChI is InChI=1S/C31H35BrN2O3/c1-37-28-9-5-8-26(22-28)31(36,25-6-3-2-4-7-25)17-20-33-18-14-30(15-19-33)16-21-34(29(30)35)23-24-10-12-27(32)13-11-24/h2-13,22,36H,14-21,23H2,1H3. The van der Waals surface area contributed by atoms with Crippen molar-refractivity contribution in [3.63, 3.8) is 0 Å². The van der Waals surface area contributed by atoms with Gasteiger partial charge in [-0.1, -0.05) is 70.5 Å². The normalized spacial score (nSPS) is 19.2. The van der Waals surface area contributed by atoms with Crippen molar-refractivity contribution >= 4 is 21.8 Å². The molecule has 2 aliphatic rings. The molecule has 0 saturated carbocycles. The lowest BCUT2D eigenvalue weighted by Gasteiger charge is -2.39. The molecule has 1 N–H and O–H groups in total. The van der Waals surface area contributed by atoms with Gasteiger partial charge in [0.15, 0.2) is 0 Å². The lowest BCUT2D eigenvalue weighted by atomic mass is 9.76. The largest absolute Gasteiger partial charge is 0.497 e. The van der Waals surface area contributed by atoms with Crippen molar-refractivity contribution in [3.8, 4) is 5.75 Å². The molecule has 1 spiro atoms. The first-order chi connectivity index (χ1) is 17.9. The summed E-state index contributed by atoms with van der Waals surface area (Å²) in [6.45, 7) is 4.03. The number of rotatable bonds is 8. The number of benzene rings is 3. The molecule has 0 aliphatic carbocycles. The van der Waals surface area contributed by atoms with Crippen molar-refractivity contribution in [1.29, 1.82) is 0 Å². The minimum absolute atomic E-state index is 0.228. The van der Waals surface area contributed by atoms with Gasteiger partial charge in [-0.2, -0.15) is 0 Å². The highest BCUT2D eigenvalue weighted by Crippen LogP contribution is 2.43. The van der Waals surface area contributed by atoms with E-state index in [9.17, 15) is 9.90 Å². The Morgan fingerprint density at radius 1 is 0.919 bits per heavy atom. The average molecular weight is 564 g/mol. The first-order valence-corrected chi connectivity index (χ1v) is 13.9. The zero-order valence-corrected chi connectivity index (χ0v) is 23.0. The molecule has 5 nitrogen and oxygen atoms in total. The van der Waals surface area contributed by atoms with Crippen molar-refractivity contribution in [2.24, 2.45) is 5.41 Å². The van der Waals surface area contributed by atoms with Gasteiger partial charge >= 0.3 is 0 Å². The molecule has 37 heavy (non-hydrogen) atoms. The van der Waals surface area contributed by atoms with Crippen LogP contribution in [0.25, 0.3) is 0 Å². The second-order valence-corrected chi connectivity index (χ2v) is 11.3. The van der Waals surface area contributed by atoms with Gasteiger partial charge in [-0.25, -0.2) is 0 Å². The summed E-state index contributed by atoms with van der Waals surface area (Å²) >= 11 is 3.48. The highest BCUT2D eigenvalue weighted by molar-refractivity contribution is 9.10. The Hall–Kier alpha value is -2.67. The van der Waals surface area contributed by atoms with E-state index in [1.807, 2.05) is 71.6 Å². The SMILES string of the molecule is COc1cccc(C(O)(CCN2CCC3(CC2)CCN(Cc2ccc(Br)cc2)C3=O)c2ccccc2)c1. The molecule has 1 amide bonds. The van der Waals surface area contributed by atoms with Gasteiger partial charge in [0.05, 0.1) is 12.5 Å². The van der Waals surface area contributed by atoms with E-state index < -0.39 is 5.60 Å². The number of nitrogens with zero attached hydrogens (tertiary/aromatic N) is 2. The smallest absolute Gasteiger partial charge is 0.229 e. The maximum Gasteiger partial charge on any atom is 0.229 e. The minimum atomic E-state index is -1.12. The van der Waals surface area contributed by atoms with Crippen LogP contribution in [0.2, 0.25) is 0 Å². The van der Waals surface area contributed by atoms with Crippen LogP contribution in [0.5, 0.6) is 5.75 Å². The topological polar surface area (TPSA) is 53.0 Å². The molecule has 2 fully saturated rings. The van der Waals surface area contributed by atoms with Gasteiger partial charge in [0.2, 0.25) is 5.91 Å². The molecule has 0 radical (unpaired) electrons. The average Bonchev–Trinajstić information content (AvgIpc) is 3.24. The Morgan fingerprint density at radius 2 is 1.59 bits per heavy atom. The minimum Gasteiger partial charge on any atom is -0.497 e. The number of hydrogen-bond donors (Lipinski definition) is 1. The number of hydrogen-bond acceptors (Lipinski definition) is 4. The summed E-state index contributed by atoms with van der Waals surface area (Å²) in [5, 5.41) is 12.0. The van der Waals surface area contributed by atoms with E-state index in [1.165, 1.54) is 5.56 Å². The Morgan fingerprint density at radius 3 is 2.30 bits per heavy atom. The lowest BCUT2D eigenvalue weighted by molar-refractivity contribution is -0.139. The molecule has 2 saturated heterocycles. The zero-order chi connectivity index (χ0) is 25.9. The number of carbonyl (C=O) groups is 1. The quantitative estimate of drug-likeness (QED) is 0.388. The van der Waals surface area contributed by atoms with E-state index in [-0.39, 0.29) is 5.41 Å². The molecule has 2 aliphatic heterocycles. The summed E-state index contributed by atoms with van der Waals surface area (Å²) in [5.41, 5.74) is 1.54. The number of halogens is 1. The number of carbonyl (C=O) groups excluding carboxylic acids is 1. The predicted molar refractivity (Wildman–Crippen MR) is 149 cm³/mol. The van der Waals surface area contributed by atoms with E-state index in [4.69, 9.17) is 4.74 Å². The Kier molecular flexibility index (Phi) is 7.70. The lowest BCUT2D eigenvalue weighted by Crippen LogP contribution is -2.45. The van der Waals surface area contributed by atoms with Crippen LogP contribution in [0.1, 0.15) is 42.4 Å². The highest BCUT2D eigenvalue weighted by Gasteiger charge is 2.48. The summed E-state index contributed by atoms with van der Waals surface area (Å²) in [6.07, 6.45) is 3.27. The molecule has 0 bridgehead atoms. The van der Waals surface area contributed by atoms with E-state index in [1.54, 1.807) is 7.11 Å². The molecule has 194 valence electrons. The number of likely N-dealkylation sites (tertiary alicyclic amines) is 2. The van der Waals surface area contributed by atoms with Crippen LogP contribution in [-0.4, -0.2) is 54.1 Å². The summed E-state index contributed by atoms with van der Waals surface area (Å²) in [4.78, 5) is 17.9. The van der Waals surface area contributed by atoms with E-state index in [2.05, 4.69) is 33.0 Å². The van der Waals surface area contributed by atoms with Gasteiger partial charge in [0, 0.05) is 24.1 Å². The third-order valence-corrected chi connectivity index (χ3v) is 8.82. The van der Waals surface area contributed by atoms with Crippen molar-refractivity contribution < 1.29 is 14.6 Å². The molecule has 6 heteroatoms. The Labute approximate surface area is 228 Å². The second kappa shape index (κ2) is 11.0. The highest BCUT2D eigenvalue weighted by atomic mass is 79.9. The summed E-state index contributed by atoms with van der Waals surface area (Å²) in [7, 11) is 1.65. The third-order valence-electron chi connectivity index (χ3n) is 8.29. The van der Waals surface area contributed by atoms with Crippen LogP contribution in [0.15, 0.2) is 83.3 Å². The molecule has 3 aromatic rings. The van der Waals surface area contributed by atoms with Crippen molar-refractivity contribution in [2.45, 2.75) is 37.8 Å². The Balaban J connectivity index is 1.23.